The lowest BCUT2D eigenvalue weighted by atomic mass is 9.89. The molecular formula is C18H6Cl2F16N2OS. The van der Waals surface area contributed by atoms with E-state index in [1.54, 1.807) is 0 Å². The topological polar surface area (TPSA) is 42.0 Å². The van der Waals surface area contributed by atoms with Crippen LogP contribution in [-0.2, 0) is 4.79 Å². The summed E-state index contributed by atoms with van der Waals surface area (Å²) in [5, 5.41) is 0.475. The summed E-state index contributed by atoms with van der Waals surface area (Å²) in [5.74, 6) is -60.2. The largest absolute Gasteiger partial charge is 0.393 e. The van der Waals surface area contributed by atoms with Gasteiger partial charge in [0.2, 0.25) is 0 Å². The van der Waals surface area contributed by atoms with Crippen LogP contribution in [0.1, 0.15) is 0 Å². The van der Waals surface area contributed by atoms with Gasteiger partial charge in [-0.25, -0.2) is 13.8 Å². The molecule has 1 aromatic carbocycles. The predicted molar refractivity (Wildman–Crippen MR) is 107 cm³/mol. The first-order valence-electron chi connectivity index (χ1n) is 9.37. The highest BCUT2D eigenvalue weighted by atomic mass is 35.5. The van der Waals surface area contributed by atoms with Crippen LogP contribution >= 0.6 is 34.5 Å². The molecule has 0 saturated heterocycles. The van der Waals surface area contributed by atoms with Crippen LogP contribution in [0.5, 0.6) is 0 Å². The third-order valence-electron chi connectivity index (χ3n) is 4.88. The predicted octanol–water partition coefficient (Wildman–Crippen LogP) is 8.77. The fourth-order valence-electron chi connectivity index (χ4n) is 2.61. The highest BCUT2D eigenvalue weighted by Gasteiger charge is 2.94. The molecule has 3 nitrogen and oxygen atoms in total. The summed E-state index contributed by atoms with van der Waals surface area (Å²) in [6, 6.07) is 3.52. The number of rotatable bonds is 10. The van der Waals surface area contributed by atoms with E-state index in [1.807, 2.05) is 0 Å². The van der Waals surface area contributed by atoms with Gasteiger partial charge in [-0.3, -0.25) is 10.1 Å². The van der Waals surface area contributed by atoms with Crippen molar-refractivity contribution in [2.45, 2.75) is 47.9 Å². The lowest BCUT2D eigenvalue weighted by Crippen LogP contribution is -2.74. The second kappa shape index (κ2) is 10.2. The average molecular weight is 673 g/mol. The Bertz CT molecular complexity index is 1270. The van der Waals surface area contributed by atoms with Gasteiger partial charge in [0.15, 0.2) is 5.13 Å². The number of benzene rings is 1. The number of hydrogen-bond acceptors (Lipinski definition) is 3. The maximum absolute atomic E-state index is 14.1. The smallest absolute Gasteiger partial charge is 0.296 e. The number of thiazole rings is 1. The number of aromatic nitrogens is 1. The molecule has 2 rings (SSSR count). The van der Waals surface area contributed by atoms with Crippen LogP contribution in [0.15, 0.2) is 23.6 Å². The normalized spacial score (nSPS) is 14.6. The molecule has 0 saturated carbocycles. The zero-order valence-electron chi connectivity index (χ0n) is 18.0. The number of nitrogens with one attached hydrogen (secondary N) is 1. The van der Waals surface area contributed by atoms with Crippen LogP contribution in [0.2, 0.25) is 10.0 Å². The zero-order valence-corrected chi connectivity index (χ0v) is 20.3. The Kier molecular flexibility index (Phi) is 8.71. The van der Waals surface area contributed by atoms with Crippen LogP contribution in [0, 0.1) is 0 Å². The number of halogens is 18. The van der Waals surface area contributed by atoms with Gasteiger partial charge in [-0.15, -0.1) is 11.3 Å². The molecule has 0 aliphatic heterocycles. The van der Waals surface area contributed by atoms with E-state index in [0.717, 1.165) is 16.8 Å². The molecule has 0 atom stereocenters. The molecule has 0 spiro atoms. The fourth-order valence-corrected chi connectivity index (χ4v) is 3.82. The first-order valence-corrected chi connectivity index (χ1v) is 11.0. The van der Waals surface area contributed by atoms with E-state index in [2.05, 4.69) is 4.98 Å². The minimum atomic E-state index is -8.60. The van der Waals surface area contributed by atoms with Crippen molar-refractivity contribution < 1.29 is 75.0 Å². The van der Waals surface area contributed by atoms with Crippen molar-refractivity contribution in [2.24, 2.45) is 0 Å². The summed E-state index contributed by atoms with van der Waals surface area (Å²) in [6.07, 6.45) is -5.95. The molecule has 0 bridgehead atoms. The molecule has 0 radical (unpaired) electrons. The first-order chi connectivity index (χ1) is 17.7. The van der Waals surface area contributed by atoms with Gasteiger partial charge in [0.05, 0.1) is 10.7 Å². The standard InChI is InChI=1S/C18H6Cl2F16N2OS/c19-5-1-2-6(7(20)3-5)8-4-40-11(37-8)38-10(39)13(25,26)15(29,30)17(33,34)18(35,36)16(31,32)14(27,28)12(23,24)9(21)22/h1-4,9H,(H,37,38,39). The highest BCUT2D eigenvalue weighted by molar-refractivity contribution is 7.14. The van der Waals surface area contributed by atoms with Crippen molar-refractivity contribution in [3.63, 3.8) is 0 Å². The van der Waals surface area contributed by atoms with E-state index in [0.29, 0.717) is 0 Å². The summed E-state index contributed by atoms with van der Waals surface area (Å²) in [6.45, 7) is 0. The van der Waals surface area contributed by atoms with Crippen molar-refractivity contribution in [2.75, 3.05) is 5.32 Å². The summed E-state index contributed by atoms with van der Waals surface area (Å²) in [4.78, 5) is 15.1. The van der Waals surface area contributed by atoms with Crippen molar-refractivity contribution in [3.8, 4) is 11.3 Å². The van der Waals surface area contributed by atoms with Gasteiger partial charge in [0.25, 0.3) is 0 Å². The summed E-state index contributed by atoms with van der Waals surface area (Å²) in [7, 11) is 0. The number of amides is 1. The fraction of sp³-hybridized carbons (Fsp3) is 0.444. The number of anilines is 1. The van der Waals surface area contributed by atoms with E-state index >= 15 is 0 Å². The van der Waals surface area contributed by atoms with Crippen molar-refractivity contribution in [1.29, 1.82) is 0 Å². The Labute approximate surface area is 224 Å². The van der Waals surface area contributed by atoms with Gasteiger partial charge >= 0.3 is 53.8 Å². The second-order valence-corrected chi connectivity index (χ2v) is 9.19. The molecule has 0 unspecified atom stereocenters. The Morgan fingerprint density at radius 3 is 1.73 bits per heavy atom. The van der Waals surface area contributed by atoms with E-state index in [9.17, 15) is 75.0 Å². The molecular weight excluding hydrogens is 667 g/mol. The molecule has 1 aromatic heterocycles. The molecule has 0 fully saturated rings. The van der Waals surface area contributed by atoms with Crippen LogP contribution in [0.4, 0.5) is 75.4 Å². The first kappa shape index (κ1) is 34.0. The second-order valence-electron chi connectivity index (χ2n) is 7.49. The van der Waals surface area contributed by atoms with Gasteiger partial charge in [0.1, 0.15) is 0 Å². The van der Waals surface area contributed by atoms with Gasteiger partial charge in [0, 0.05) is 16.0 Å². The Morgan fingerprint density at radius 2 is 1.25 bits per heavy atom. The third-order valence-corrected chi connectivity index (χ3v) is 6.19. The van der Waals surface area contributed by atoms with Crippen LogP contribution < -0.4 is 5.32 Å². The minimum Gasteiger partial charge on any atom is -0.296 e. The average Bonchev–Trinajstić information content (AvgIpc) is 3.25. The van der Waals surface area contributed by atoms with Gasteiger partial charge in [-0.05, 0) is 18.2 Å². The molecule has 40 heavy (non-hydrogen) atoms. The van der Waals surface area contributed by atoms with Crippen molar-refractivity contribution in [1.82, 2.24) is 4.98 Å². The molecule has 2 aromatic rings. The number of carbonyl (C=O) groups excluding carboxylic acids is 1. The lowest BCUT2D eigenvalue weighted by molar-refractivity contribution is -0.443. The molecule has 1 amide bonds. The monoisotopic (exact) mass is 672 g/mol. The van der Waals surface area contributed by atoms with Gasteiger partial charge in [-0.1, -0.05) is 23.2 Å². The van der Waals surface area contributed by atoms with Crippen LogP contribution in [-0.4, -0.2) is 58.8 Å². The molecule has 1 N–H and O–H groups in total. The van der Waals surface area contributed by atoms with E-state index in [1.165, 1.54) is 12.1 Å². The lowest BCUT2D eigenvalue weighted by Gasteiger charge is -2.42. The van der Waals surface area contributed by atoms with Crippen LogP contribution in [0.25, 0.3) is 11.3 Å². The maximum Gasteiger partial charge on any atom is 0.393 e. The van der Waals surface area contributed by atoms with Gasteiger partial charge in [-0.2, -0.15) is 61.5 Å². The van der Waals surface area contributed by atoms with Crippen LogP contribution in [0.3, 0.4) is 0 Å². The van der Waals surface area contributed by atoms with Gasteiger partial charge < -0.3 is 0 Å². The Morgan fingerprint density at radius 1 is 0.775 bits per heavy atom. The highest BCUT2D eigenvalue weighted by Crippen LogP contribution is 2.62. The quantitative estimate of drug-likeness (QED) is 0.257. The van der Waals surface area contributed by atoms with E-state index in [4.69, 9.17) is 23.2 Å². The van der Waals surface area contributed by atoms with Crippen molar-refractivity contribution in [3.05, 3.63) is 33.6 Å². The number of nitrogens with zero attached hydrogens (tertiary/aromatic N) is 1. The van der Waals surface area contributed by atoms with E-state index in [-0.39, 0.29) is 32.6 Å². The molecule has 0 aliphatic rings. The van der Waals surface area contributed by atoms with Crippen molar-refractivity contribution >= 4 is 45.6 Å². The molecule has 226 valence electrons. The Balaban J connectivity index is 2.45. The molecule has 0 aliphatic carbocycles. The van der Waals surface area contributed by atoms with E-state index < -0.39 is 58.9 Å². The maximum atomic E-state index is 14.1. The summed E-state index contributed by atoms with van der Waals surface area (Å²) in [5.41, 5.74) is -0.328. The molecule has 1 heterocycles. The summed E-state index contributed by atoms with van der Waals surface area (Å²) >= 11 is 11.6. The summed E-state index contributed by atoms with van der Waals surface area (Å²) < 4.78 is 214. The SMILES string of the molecule is O=C(Nc1nc(-c2ccc(Cl)cc2Cl)cs1)C(F)(F)C(F)(F)C(F)(F)C(F)(F)C(F)(F)C(F)(F)C(F)(F)C(F)F. The number of carbonyl (C=O) groups is 1. The minimum absolute atomic E-state index is 0.0326. The number of alkyl halides is 16. The number of hydrogen-bond donors (Lipinski definition) is 1. The zero-order chi connectivity index (χ0) is 31.5. The third kappa shape index (κ3) is 4.92. The molecule has 22 heteroatoms. The Hall–Kier alpha value is -2.22.